The molecule has 9 nitrogen and oxygen atoms in total. The van der Waals surface area contributed by atoms with Crippen LogP contribution in [0.4, 0.5) is 13.6 Å². The summed E-state index contributed by atoms with van der Waals surface area (Å²) in [6.07, 6.45) is -1.01. The molecule has 3 N–H and O–H groups in total. The number of sulfonamides is 1. The third-order valence-electron chi connectivity index (χ3n) is 4.22. The first-order chi connectivity index (χ1) is 13.0. The molecule has 1 aromatic rings. The van der Waals surface area contributed by atoms with Crippen LogP contribution in [0, 0.1) is 17.6 Å². The zero-order valence-electron chi connectivity index (χ0n) is 14.9. The molecule has 2 rings (SSSR count). The quantitative estimate of drug-likeness (QED) is 0.667. The number of hydrogen-bond acceptors (Lipinski definition) is 6. The molecule has 0 saturated carbocycles. The molecule has 0 aliphatic carbocycles. The zero-order valence-corrected chi connectivity index (χ0v) is 15.7. The summed E-state index contributed by atoms with van der Waals surface area (Å²) in [6.45, 7) is 1.19. The van der Waals surface area contributed by atoms with Crippen molar-refractivity contribution in [3.8, 4) is 0 Å². The van der Waals surface area contributed by atoms with Crippen LogP contribution >= 0.6 is 0 Å². The number of esters is 1. The van der Waals surface area contributed by atoms with Crippen molar-refractivity contribution < 1.29 is 36.3 Å². The molecule has 12 heteroatoms. The van der Waals surface area contributed by atoms with Gasteiger partial charge in [0.2, 0.25) is 10.0 Å². The Kier molecular flexibility index (Phi) is 6.67. The number of nitrogens with one attached hydrogen (secondary N) is 1. The monoisotopic (exact) mass is 419 g/mol. The molecule has 1 heterocycles. The highest BCUT2D eigenvalue weighted by Gasteiger charge is 2.34. The molecular formula is C16H19F2N3O6S. The molecule has 1 aromatic carbocycles. The largest absolute Gasteiger partial charge is 0.452 e. The van der Waals surface area contributed by atoms with Gasteiger partial charge in [-0.2, -0.15) is 4.31 Å². The van der Waals surface area contributed by atoms with E-state index in [1.165, 1.54) is 6.92 Å². The molecule has 0 spiro atoms. The van der Waals surface area contributed by atoms with E-state index in [1.54, 1.807) is 5.32 Å². The van der Waals surface area contributed by atoms with Crippen LogP contribution in [-0.2, 0) is 24.3 Å². The fourth-order valence-corrected chi connectivity index (χ4v) is 4.15. The van der Waals surface area contributed by atoms with Gasteiger partial charge < -0.3 is 10.5 Å². The minimum Gasteiger partial charge on any atom is -0.452 e. The first-order valence-corrected chi connectivity index (χ1v) is 9.72. The lowest BCUT2D eigenvalue weighted by molar-refractivity contribution is -0.159. The van der Waals surface area contributed by atoms with E-state index in [0.717, 1.165) is 16.4 Å². The van der Waals surface area contributed by atoms with Crippen LogP contribution in [0.1, 0.15) is 19.8 Å². The summed E-state index contributed by atoms with van der Waals surface area (Å²) in [5, 5.41) is 1.78. The van der Waals surface area contributed by atoms with E-state index in [1.807, 2.05) is 0 Å². The number of nitrogens with zero attached hydrogens (tertiary/aromatic N) is 1. The van der Waals surface area contributed by atoms with Crippen LogP contribution in [0.5, 0.6) is 0 Å². The number of carbonyl (C=O) groups excluding carboxylic acids is 3. The molecule has 28 heavy (non-hydrogen) atoms. The van der Waals surface area contributed by atoms with Gasteiger partial charge in [0.05, 0.1) is 10.8 Å². The summed E-state index contributed by atoms with van der Waals surface area (Å²) >= 11 is 0. The number of benzene rings is 1. The van der Waals surface area contributed by atoms with Crippen molar-refractivity contribution in [3.05, 3.63) is 29.8 Å². The number of carbonyl (C=O) groups is 3. The second-order valence-corrected chi connectivity index (χ2v) is 8.12. The first kappa shape index (κ1) is 21.7. The Hall–Kier alpha value is -2.60. The first-order valence-electron chi connectivity index (χ1n) is 8.28. The molecule has 1 aliphatic rings. The van der Waals surface area contributed by atoms with Gasteiger partial charge in [-0.25, -0.2) is 22.0 Å². The number of urea groups is 1. The molecule has 154 valence electrons. The van der Waals surface area contributed by atoms with Crippen LogP contribution in [0.2, 0.25) is 0 Å². The van der Waals surface area contributed by atoms with E-state index in [-0.39, 0.29) is 30.8 Å². The fourth-order valence-electron chi connectivity index (χ4n) is 2.67. The third-order valence-corrected chi connectivity index (χ3v) is 6.12. The summed E-state index contributed by atoms with van der Waals surface area (Å²) in [6, 6.07) is 1.21. The average molecular weight is 419 g/mol. The number of halogens is 2. The van der Waals surface area contributed by atoms with Crippen molar-refractivity contribution in [1.82, 2.24) is 9.62 Å². The van der Waals surface area contributed by atoms with Crippen LogP contribution in [0.3, 0.4) is 0 Å². The van der Waals surface area contributed by atoms with Gasteiger partial charge in [0, 0.05) is 13.1 Å². The van der Waals surface area contributed by atoms with E-state index in [0.29, 0.717) is 6.07 Å². The minimum atomic E-state index is -4.04. The molecule has 1 atom stereocenters. The Morgan fingerprint density at radius 1 is 1.21 bits per heavy atom. The van der Waals surface area contributed by atoms with E-state index >= 15 is 0 Å². The maximum Gasteiger partial charge on any atom is 0.318 e. The highest BCUT2D eigenvalue weighted by atomic mass is 32.2. The van der Waals surface area contributed by atoms with Crippen LogP contribution in [-0.4, -0.2) is 49.8 Å². The average Bonchev–Trinajstić information content (AvgIpc) is 2.63. The van der Waals surface area contributed by atoms with Crippen molar-refractivity contribution in [2.24, 2.45) is 11.7 Å². The molecular weight excluding hydrogens is 400 g/mol. The highest BCUT2D eigenvalue weighted by Crippen LogP contribution is 2.25. The van der Waals surface area contributed by atoms with Crippen LogP contribution < -0.4 is 11.1 Å². The Morgan fingerprint density at radius 3 is 2.36 bits per heavy atom. The Morgan fingerprint density at radius 2 is 1.82 bits per heavy atom. The molecule has 1 fully saturated rings. The fraction of sp³-hybridized carbons (Fsp3) is 0.438. The van der Waals surface area contributed by atoms with Crippen molar-refractivity contribution in [2.75, 3.05) is 13.1 Å². The smallest absolute Gasteiger partial charge is 0.318 e. The second-order valence-electron chi connectivity index (χ2n) is 6.19. The lowest BCUT2D eigenvalue weighted by Crippen LogP contribution is -2.44. The maximum absolute atomic E-state index is 13.3. The molecule has 0 bridgehead atoms. The topological polar surface area (TPSA) is 136 Å². The van der Waals surface area contributed by atoms with E-state index < -0.39 is 51.6 Å². The molecule has 0 aromatic heterocycles. The van der Waals surface area contributed by atoms with Crippen molar-refractivity contribution >= 4 is 27.9 Å². The van der Waals surface area contributed by atoms with Gasteiger partial charge in [-0.15, -0.1) is 0 Å². The van der Waals surface area contributed by atoms with E-state index in [9.17, 15) is 31.6 Å². The lowest BCUT2D eigenvalue weighted by atomic mass is 9.98. The van der Waals surface area contributed by atoms with E-state index in [2.05, 4.69) is 0 Å². The van der Waals surface area contributed by atoms with Gasteiger partial charge in [0.25, 0.3) is 5.91 Å². The summed E-state index contributed by atoms with van der Waals surface area (Å²) in [4.78, 5) is 33.9. The van der Waals surface area contributed by atoms with Crippen molar-refractivity contribution in [1.29, 1.82) is 0 Å². The Labute approximate surface area is 159 Å². The van der Waals surface area contributed by atoms with Crippen molar-refractivity contribution in [3.63, 3.8) is 0 Å². The lowest BCUT2D eigenvalue weighted by Gasteiger charge is -2.30. The summed E-state index contributed by atoms with van der Waals surface area (Å²) in [7, 11) is -4.04. The normalized spacial score (nSPS) is 17.0. The third kappa shape index (κ3) is 5.01. The number of ether oxygens (including phenoxy) is 1. The van der Waals surface area contributed by atoms with Gasteiger partial charge in [-0.1, -0.05) is 0 Å². The SMILES string of the molecule is CC(OC(=O)C1CCN(S(=O)(=O)c2ccc(F)c(F)c2)CC1)C(=O)NC(N)=O. The Balaban J connectivity index is 1.96. The minimum absolute atomic E-state index is 0.0387. The number of rotatable bonds is 5. The molecule has 1 aliphatic heterocycles. The number of amides is 3. The number of imide groups is 1. The number of nitrogens with two attached hydrogens (primary N) is 1. The van der Waals surface area contributed by atoms with Crippen molar-refractivity contribution in [2.45, 2.75) is 30.8 Å². The highest BCUT2D eigenvalue weighted by molar-refractivity contribution is 7.89. The number of hydrogen-bond donors (Lipinski definition) is 2. The summed E-state index contributed by atoms with van der Waals surface area (Å²) in [5.74, 6) is -4.67. The summed E-state index contributed by atoms with van der Waals surface area (Å²) < 4.78 is 57.4. The number of piperidine rings is 1. The van der Waals surface area contributed by atoms with E-state index in [4.69, 9.17) is 10.5 Å². The zero-order chi connectivity index (χ0) is 21.1. The number of primary amides is 1. The maximum atomic E-state index is 13.3. The molecule has 0 radical (unpaired) electrons. The van der Waals surface area contributed by atoms with Gasteiger partial charge in [0.1, 0.15) is 0 Å². The van der Waals surface area contributed by atoms with Crippen LogP contribution in [0.15, 0.2) is 23.1 Å². The second kappa shape index (κ2) is 8.61. The molecule has 1 saturated heterocycles. The van der Waals surface area contributed by atoms with Gasteiger partial charge in [-0.05, 0) is 38.0 Å². The predicted molar refractivity (Wildman–Crippen MR) is 91.1 cm³/mol. The molecule has 1 unspecified atom stereocenters. The van der Waals surface area contributed by atoms with Gasteiger partial charge in [0.15, 0.2) is 17.7 Å². The summed E-state index contributed by atoms with van der Waals surface area (Å²) in [5.41, 5.74) is 4.81. The standard InChI is InChI=1S/C16H19F2N3O6S/c1-9(14(22)20-16(19)24)27-15(23)10-4-6-21(7-5-10)28(25,26)11-2-3-12(17)13(18)8-11/h2-3,8-10H,4-7H2,1H3,(H3,19,20,22,24). The van der Waals surface area contributed by atoms with Gasteiger partial charge >= 0.3 is 12.0 Å². The Bertz CT molecular complexity index is 884. The predicted octanol–water partition coefficient (Wildman–Crippen LogP) is 0.492. The van der Waals surface area contributed by atoms with Gasteiger partial charge in [-0.3, -0.25) is 14.9 Å². The van der Waals surface area contributed by atoms with Crippen LogP contribution in [0.25, 0.3) is 0 Å². The molecule has 3 amide bonds.